The topological polar surface area (TPSA) is 158 Å². The van der Waals surface area contributed by atoms with Crippen LogP contribution < -0.4 is 21.3 Å². The smallest absolute Gasteiger partial charge is 0.243 e. The van der Waals surface area contributed by atoms with Crippen LogP contribution in [0.15, 0.2) is 30.3 Å². The molecule has 0 aromatic heterocycles. The maximum atomic E-state index is 14.0. The van der Waals surface area contributed by atoms with Crippen molar-refractivity contribution in [3.63, 3.8) is 0 Å². The van der Waals surface area contributed by atoms with Crippen LogP contribution >= 0.6 is 0 Å². The van der Waals surface area contributed by atoms with Gasteiger partial charge in [-0.1, -0.05) is 85.2 Å². The van der Waals surface area contributed by atoms with Crippen molar-refractivity contribution in [2.75, 3.05) is 27.8 Å². The third-order valence-corrected chi connectivity index (χ3v) is 10.3. The first-order valence-corrected chi connectivity index (χ1v) is 18.3. The molecule has 0 aliphatic carbocycles. The molecule has 1 heterocycles. The predicted octanol–water partition coefficient (Wildman–Crippen LogP) is 3.19. The van der Waals surface area contributed by atoms with Crippen molar-refractivity contribution in [3.8, 4) is 0 Å². The van der Waals surface area contributed by atoms with E-state index >= 15 is 0 Å². The minimum Gasteiger partial charge on any atom is -0.386 e. The van der Waals surface area contributed by atoms with E-state index in [1.165, 1.54) is 7.11 Å². The first-order valence-electron chi connectivity index (χ1n) is 18.3. The molecule has 1 fully saturated rings. The summed E-state index contributed by atoms with van der Waals surface area (Å²) < 4.78 is 11.8. The molecule has 10 atom stereocenters. The minimum absolute atomic E-state index is 0.0213. The number of carbonyl (C=O) groups excluding carboxylic acids is 4. The summed E-state index contributed by atoms with van der Waals surface area (Å²) >= 11 is 0. The Morgan fingerprint density at radius 3 is 1.98 bits per heavy atom. The molecular formula is C38H65N5O7. The molecule has 1 aliphatic rings. The van der Waals surface area contributed by atoms with Gasteiger partial charge in [-0.3, -0.25) is 19.2 Å². The predicted molar refractivity (Wildman–Crippen MR) is 195 cm³/mol. The Bertz CT molecular complexity index is 1220. The van der Waals surface area contributed by atoms with Crippen molar-refractivity contribution >= 4 is 23.6 Å². The van der Waals surface area contributed by atoms with E-state index in [1.807, 2.05) is 71.9 Å². The zero-order valence-electron chi connectivity index (χ0n) is 32.2. The van der Waals surface area contributed by atoms with E-state index in [1.54, 1.807) is 32.9 Å². The molecule has 1 aliphatic heterocycles. The molecule has 50 heavy (non-hydrogen) atoms. The van der Waals surface area contributed by atoms with Gasteiger partial charge < -0.3 is 40.7 Å². The van der Waals surface area contributed by atoms with Crippen LogP contribution in [0.1, 0.15) is 92.7 Å². The summed E-state index contributed by atoms with van der Waals surface area (Å²) in [6.45, 7) is 15.7. The summed E-state index contributed by atoms with van der Waals surface area (Å²) in [5.74, 6) is -1.75. The van der Waals surface area contributed by atoms with E-state index in [9.17, 15) is 24.3 Å². The van der Waals surface area contributed by atoms with Crippen molar-refractivity contribution < 1.29 is 33.8 Å². The van der Waals surface area contributed by atoms with Gasteiger partial charge in [0.25, 0.3) is 0 Å². The molecule has 1 aromatic carbocycles. The third kappa shape index (κ3) is 11.5. The first kappa shape index (κ1) is 43.1. The highest BCUT2D eigenvalue weighted by atomic mass is 16.5. The van der Waals surface area contributed by atoms with Gasteiger partial charge in [0.15, 0.2) is 0 Å². The molecule has 0 bridgehead atoms. The van der Waals surface area contributed by atoms with E-state index < -0.39 is 48.4 Å². The van der Waals surface area contributed by atoms with Gasteiger partial charge in [0, 0.05) is 20.8 Å². The fourth-order valence-corrected chi connectivity index (χ4v) is 6.96. The Morgan fingerprint density at radius 2 is 1.46 bits per heavy atom. The SMILES string of the molecule is CC[C@H](C)[C@H](NC(=O)C(NC(=O)[C@@H](NC)C(C)C)C(C)C)[C@@H](CC(=O)N1CCC[C@H]1[C@H](OC)[C@@H](C)C(=O)NC(C)C(O)c1ccccc1)OC. The van der Waals surface area contributed by atoms with Gasteiger partial charge in [-0.15, -0.1) is 0 Å². The van der Waals surface area contributed by atoms with Crippen molar-refractivity contribution in [3.05, 3.63) is 35.9 Å². The zero-order valence-corrected chi connectivity index (χ0v) is 32.2. The van der Waals surface area contributed by atoms with Crippen LogP contribution in [0.2, 0.25) is 0 Å². The van der Waals surface area contributed by atoms with Gasteiger partial charge in [0.1, 0.15) is 6.04 Å². The Labute approximate surface area is 300 Å². The largest absolute Gasteiger partial charge is 0.386 e. The summed E-state index contributed by atoms with van der Waals surface area (Å²) in [6, 6.07) is 6.59. The fraction of sp³-hybridized carbons (Fsp3) is 0.737. The summed E-state index contributed by atoms with van der Waals surface area (Å²) in [4.78, 5) is 56.0. The molecule has 284 valence electrons. The van der Waals surface area contributed by atoms with E-state index in [2.05, 4.69) is 21.3 Å². The van der Waals surface area contributed by atoms with E-state index in [0.717, 1.165) is 12.8 Å². The van der Waals surface area contributed by atoms with Gasteiger partial charge in [-0.2, -0.15) is 0 Å². The Kier molecular flexibility index (Phi) is 17.9. The number of nitrogens with zero attached hydrogens (tertiary/aromatic N) is 1. The van der Waals surface area contributed by atoms with Crippen LogP contribution in [0, 0.1) is 23.7 Å². The zero-order chi connectivity index (χ0) is 37.7. The van der Waals surface area contributed by atoms with Crippen molar-refractivity contribution in [1.29, 1.82) is 0 Å². The molecule has 0 saturated carbocycles. The maximum Gasteiger partial charge on any atom is 0.243 e. The number of likely N-dealkylation sites (N-methyl/N-ethyl adjacent to an activating group) is 1. The highest BCUT2D eigenvalue weighted by molar-refractivity contribution is 5.90. The van der Waals surface area contributed by atoms with Crippen molar-refractivity contribution in [2.45, 2.75) is 130 Å². The number of methoxy groups -OCH3 is 2. The second-order valence-corrected chi connectivity index (χ2v) is 14.6. The number of hydrogen-bond acceptors (Lipinski definition) is 8. The fourth-order valence-electron chi connectivity index (χ4n) is 6.96. The average molecular weight is 704 g/mol. The number of nitrogens with one attached hydrogen (secondary N) is 4. The van der Waals surface area contributed by atoms with Crippen LogP contribution in [-0.2, 0) is 28.7 Å². The molecule has 4 amide bonds. The van der Waals surface area contributed by atoms with Crippen LogP contribution in [-0.4, -0.2) is 104 Å². The number of amides is 4. The van der Waals surface area contributed by atoms with E-state index in [-0.39, 0.29) is 53.8 Å². The van der Waals surface area contributed by atoms with E-state index in [4.69, 9.17) is 9.47 Å². The lowest BCUT2D eigenvalue weighted by Crippen LogP contribution is -2.59. The number of aliphatic hydroxyl groups is 1. The monoisotopic (exact) mass is 703 g/mol. The number of carbonyl (C=O) groups is 4. The summed E-state index contributed by atoms with van der Waals surface area (Å²) in [7, 11) is 4.81. The van der Waals surface area contributed by atoms with Crippen molar-refractivity contribution in [1.82, 2.24) is 26.2 Å². The molecule has 3 unspecified atom stereocenters. The molecular weight excluding hydrogens is 638 g/mol. The molecule has 2 rings (SSSR count). The molecule has 1 aromatic rings. The van der Waals surface area contributed by atoms with Crippen molar-refractivity contribution in [2.24, 2.45) is 23.7 Å². The highest BCUT2D eigenvalue weighted by Gasteiger charge is 2.42. The van der Waals surface area contributed by atoms with Crippen LogP contribution in [0.5, 0.6) is 0 Å². The standard InChI is InChI=1S/C38H65N5O7/c1-12-24(6)33(42-38(48)32(23(4)5)41-37(47)31(39-9)22(2)3)29(49-10)21-30(44)43-20-16-19-28(43)35(50-11)25(7)36(46)40-26(8)34(45)27-17-14-13-15-18-27/h13-15,17-18,22-26,28-29,31-35,39,45H,12,16,19-21H2,1-11H3,(H,40,46)(H,41,47)(H,42,48)/t24-,25+,26?,28-,29+,31-,32?,33-,34?,35+/m0/s1. The van der Waals surface area contributed by atoms with Crippen LogP contribution in [0.25, 0.3) is 0 Å². The Hall–Kier alpha value is -3.06. The quantitative estimate of drug-likeness (QED) is 0.139. The third-order valence-electron chi connectivity index (χ3n) is 10.3. The number of benzene rings is 1. The number of aliphatic hydroxyl groups excluding tert-OH is 1. The highest BCUT2D eigenvalue weighted by Crippen LogP contribution is 2.29. The number of rotatable bonds is 20. The lowest BCUT2D eigenvalue weighted by atomic mass is 9.90. The Balaban J connectivity index is 2.19. The molecule has 0 spiro atoms. The van der Waals surface area contributed by atoms with Gasteiger partial charge in [-0.05, 0) is 50.1 Å². The number of likely N-dealkylation sites (tertiary alicyclic amines) is 1. The second kappa shape index (κ2) is 20.7. The van der Waals surface area contributed by atoms with Gasteiger partial charge in [0.2, 0.25) is 23.6 Å². The van der Waals surface area contributed by atoms with Gasteiger partial charge in [0.05, 0.1) is 54.8 Å². The molecule has 1 saturated heterocycles. The second-order valence-electron chi connectivity index (χ2n) is 14.6. The average Bonchev–Trinajstić information content (AvgIpc) is 3.58. The lowest BCUT2D eigenvalue weighted by Gasteiger charge is -2.37. The normalized spacial score (nSPS) is 20.3. The number of hydrogen-bond donors (Lipinski definition) is 5. The minimum atomic E-state index is -0.875. The molecule has 12 heteroatoms. The maximum absolute atomic E-state index is 14.0. The molecule has 0 radical (unpaired) electrons. The molecule has 12 nitrogen and oxygen atoms in total. The summed E-state index contributed by atoms with van der Waals surface area (Å²) in [5, 5.41) is 22.8. The summed E-state index contributed by atoms with van der Waals surface area (Å²) in [5.41, 5.74) is 0.710. The molecule has 5 N–H and O–H groups in total. The van der Waals surface area contributed by atoms with Crippen LogP contribution in [0.3, 0.4) is 0 Å². The summed E-state index contributed by atoms with van der Waals surface area (Å²) in [6.07, 6.45) is 0.108. The number of ether oxygens (including phenoxy) is 2. The van der Waals surface area contributed by atoms with Gasteiger partial charge in [-0.25, -0.2) is 0 Å². The Morgan fingerprint density at radius 1 is 0.860 bits per heavy atom. The first-order chi connectivity index (χ1) is 23.6. The van der Waals surface area contributed by atoms with Gasteiger partial charge >= 0.3 is 0 Å². The lowest BCUT2D eigenvalue weighted by molar-refractivity contribution is -0.143. The van der Waals surface area contributed by atoms with E-state index in [0.29, 0.717) is 18.5 Å². The van der Waals surface area contributed by atoms with Crippen LogP contribution in [0.4, 0.5) is 0 Å².